The Balaban J connectivity index is 2.57. The first kappa shape index (κ1) is 15.0. The zero-order chi connectivity index (χ0) is 12.6. The molecule has 0 bridgehead atoms. The molecule has 2 N–H and O–H groups in total. The van der Waals surface area contributed by atoms with Gasteiger partial charge < -0.3 is 5.73 Å². The summed E-state index contributed by atoms with van der Waals surface area (Å²) in [6.07, 6.45) is 12.9. The summed E-state index contributed by atoms with van der Waals surface area (Å²) in [5.41, 5.74) is 6.74. The van der Waals surface area contributed by atoms with Gasteiger partial charge in [-0.05, 0) is 38.8 Å². The maximum atomic E-state index is 6.74. The van der Waals surface area contributed by atoms with Crippen LogP contribution in [-0.4, -0.2) is 23.7 Å². The van der Waals surface area contributed by atoms with Crippen LogP contribution in [0, 0.1) is 0 Å². The maximum Gasteiger partial charge on any atom is 0.0687 e. The van der Waals surface area contributed by atoms with Crippen molar-refractivity contribution >= 4 is 0 Å². The largest absolute Gasteiger partial charge is 0.313 e. The minimum Gasteiger partial charge on any atom is -0.313 e. The van der Waals surface area contributed by atoms with Crippen molar-refractivity contribution in [1.82, 2.24) is 4.90 Å². The van der Waals surface area contributed by atoms with E-state index in [9.17, 15) is 0 Å². The quantitative estimate of drug-likeness (QED) is 0.731. The molecule has 102 valence electrons. The van der Waals surface area contributed by atoms with Crippen LogP contribution in [0.4, 0.5) is 0 Å². The second kappa shape index (κ2) is 8.10. The van der Waals surface area contributed by atoms with Crippen molar-refractivity contribution in [2.45, 2.75) is 83.7 Å². The molecule has 0 atom stereocenters. The molecule has 0 radical (unpaired) electrons. The SMILES string of the molecule is CCCCC(N)(CCCC)N1CCCCCC1. The second-order valence-electron chi connectivity index (χ2n) is 5.71. The molecular formula is C15H32N2. The molecule has 0 aromatic carbocycles. The minimum atomic E-state index is -0.00361. The Kier molecular flexibility index (Phi) is 7.14. The molecule has 2 heteroatoms. The highest BCUT2D eigenvalue weighted by atomic mass is 15.3. The van der Waals surface area contributed by atoms with E-state index < -0.39 is 0 Å². The topological polar surface area (TPSA) is 29.3 Å². The lowest BCUT2D eigenvalue weighted by Gasteiger charge is -2.41. The van der Waals surface area contributed by atoms with Gasteiger partial charge in [0.05, 0.1) is 5.66 Å². The summed E-state index contributed by atoms with van der Waals surface area (Å²) in [4.78, 5) is 2.60. The molecule has 1 fully saturated rings. The van der Waals surface area contributed by atoms with E-state index in [1.165, 1.54) is 77.3 Å². The highest BCUT2D eigenvalue weighted by molar-refractivity contribution is 4.85. The molecule has 1 heterocycles. The Morgan fingerprint density at radius 1 is 0.882 bits per heavy atom. The van der Waals surface area contributed by atoms with Gasteiger partial charge in [-0.25, -0.2) is 0 Å². The lowest BCUT2D eigenvalue weighted by molar-refractivity contribution is 0.0733. The first-order valence-electron chi connectivity index (χ1n) is 7.77. The van der Waals surface area contributed by atoms with Crippen LogP contribution in [0.25, 0.3) is 0 Å². The van der Waals surface area contributed by atoms with Crippen molar-refractivity contribution in [1.29, 1.82) is 0 Å². The van der Waals surface area contributed by atoms with E-state index in [1.54, 1.807) is 0 Å². The predicted molar refractivity (Wildman–Crippen MR) is 76.0 cm³/mol. The Morgan fingerprint density at radius 3 is 1.76 bits per heavy atom. The summed E-state index contributed by atoms with van der Waals surface area (Å²) in [6, 6.07) is 0. The predicted octanol–water partition coefficient (Wildman–Crippen LogP) is 3.90. The third-order valence-corrected chi connectivity index (χ3v) is 4.16. The van der Waals surface area contributed by atoms with Gasteiger partial charge in [-0.3, -0.25) is 4.90 Å². The molecule has 17 heavy (non-hydrogen) atoms. The van der Waals surface area contributed by atoms with Crippen molar-refractivity contribution < 1.29 is 0 Å². The van der Waals surface area contributed by atoms with Crippen molar-refractivity contribution in [3.05, 3.63) is 0 Å². The molecule has 1 aliphatic heterocycles. The fraction of sp³-hybridized carbons (Fsp3) is 1.00. The molecule has 1 aliphatic rings. The lowest BCUT2D eigenvalue weighted by Crippen LogP contribution is -2.56. The summed E-state index contributed by atoms with van der Waals surface area (Å²) in [6.45, 7) is 6.99. The molecule has 1 rings (SSSR count). The number of rotatable bonds is 7. The smallest absolute Gasteiger partial charge is 0.0687 e. The number of unbranched alkanes of at least 4 members (excludes halogenated alkanes) is 2. The zero-order valence-electron chi connectivity index (χ0n) is 12.0. The highest BCUT2D eigenvalue weighted by Gasteiger charge is 2.31. The Bertz CT molecular complexity index is 175. The molecule has 0 spiro atoms. The van der Waals surface area contributed by atoms with Crippen LogP contribution >= 0.6 is 0 Å². The lowest BCUT2D eigenvalue weighted by atomic mass is 9.94. The van der Waals surface area contributed by atoms with Crippen molar-refractivity contribution in [2.24, 2.45) is 5.73 Å². The minimum absolute atomic E-state index is 0.00361. The zero-order valence-corrected chi connectivity index (χ0v) is 12.0. The standard InChI is InChI=1S/C15H32N2/c1-3-5-11-15(16,12-6-4-2)17-13-9-7-8-10-14-17/h3-14,16H2,1-2H3. The van der Waals surface area contributed by atoms with Crippen molar-refractivity contribution in [3.8, 4) is 0 Å². The van der Waals surface area contributed by atoms with E-state index in [2.05, 4.69) is 18.7 Å². The molecule has 2 nitrogen and oxygen atoms in total. The number of hydrogen-bond donors (Lipinski definition) is 1. The molecular weight excluding hydrogens is 208 g/mol. The summed E-state index contributed by atoms with van der Waals surface area (Å²) >= 11 is 0. The normalized spacial score (nSPS) is 19.2. The fourth-order valence-corrected chi connectivity index (χ4v) is 2.92. The molecule has 0 aromatic rings. The summed E-state index contributed by atoms with van der Waals surface area (Å²) in [5, 5.41) is 0. The van der Waals surface area contributed by atoms with Gasteiger partial charge >= 0.3 is 0 Å². The van der Waals surface area contributed by atoms with Crippen molar-refractivity contribution in [2.75, 3.05) is 13.1 Å². The van der Waals surface area contributed by atoms with Gasteiger partial charge in [0.1, 0.15) is 0 Å². The monoisotopic (exact) mass is 240 g/mol. The Morgan fingerprint density at radius 2 is 1.35 bits per heavy atom. The van der Waals surface area contributed by atoms with Gasteiger partial charge in [-0.15, -0.1) is 0 Å². The molecule has 0 aromatic heterocycles. The van der Waals surface area contributed by atoms with Crippen LogP contribution in [0.1, 0.15) is 78.1 Å². The molecule has 1 saturated heterocycles. The second-order valence-corrected chi connectivity index (χ2v) is 5.71. The maximum absolute atomic E-state index is 6.74. The van der Waals surface area contributed by atoms with E-state index in [0.717, 1.165) is 0 Å². The molecule has 0 amide bonds. The van der Waals surface area contributed by atoms with E-state index in [0.29, 0.717) is 0 Å². The molecule has 0 saturated carbocycles. The van der Waals surface area contributed by atoms with Gasteiger partial charge in [-0.2, -0.15) is 0 Å². The fourth-order valence-electron chi connectivity index (χ4n) is 2.92. The van der Waals surface area contributed by atoms with Gasteiger partial charge in [0.2, 0.25) is 0 Å². The van der Waals surface area contributed by atoms with Crippen LogP contribution in [0.2, 0.25) is 0 Å². The van der Waals surface area contributed by atoms with Crippen LogP contribution < -0.4 is 5.73 Å². The van der Waals surface area contributed by atoms with Gasteiger partial charge in [0.25, 0.3) is 0 Å². The van der Waals surface area contributed by atoms with Gasteiger partial charge in [0, 0.05) is 0 Å². The summed E-state index contributed by atoms with van der Waals surface area (Å²) in [7, 11) is 0. The van der Waals surface area contributed by atoms with Crippen LogP contribution in [0.5, 0.6) is 0 Å². The number of likely N-dealkylation sites (tertiary alicyclic amines) is 1. The Labute approximate surface area is 108 Å². The molecule has 0 unspecified atom stereocenters. The third-order valence-electron chi connectivity index (χ3n) is 4.16. The highest BCUT2D eigenvalue weighted by Crippen LogP contribution is 2.26. The summed E-state index contributed by atoms with van der Waals surface area (Å²) < 4.78 is 0. The van der Waals surface area contributed by atoms with Crippen LogP contribution in [0.15, 0.2) is 0 Å². The van der Waals surface area contributed by atoms with E-state index in [4.69, 9.17) is 5.73 Å². The average Bonchev–Trinajstić information content (AvgIpc) is 2.63. The van der Waals surface area contributed by atoms with Crippen LogP contribution in [0.3, 0.4) is 0 Å². The van der Waals surface area contributed by atoms with Gasteiger partial charge in [0.15, 0.2) is 0 Å². The molecule has 0 aliphatic carbocycles. The van der Waals surface area contributed by atoms with E-state index in [-0.39, 0.29) is 5.66 Å². The van der Waals surface area contributed by atoms with E-state index in [1.807, 2.05) is 0 Å². The Hall–Kier alpha value is -0.0800. The number of nitrogens with two attached hydrogens (primary N) is 1. The van der Waals surface area contributed by atoms with Crippen molar-refractivity contribution in [3.63, 3.8) is 0 Å². The van der Waals surface area contributed by atoms with Gasteiger partial charge in [-0.1, -0.05) is 52.4 Å². The summed E-state index contributed by atoms with van der Waals surface area (Å²) in [5.74, 6) is 0. The first-order valence-corrected chi connectivity index (χ1v) is 7.77. The van der Waals surface area contributed by atoms with E-state index >= 15 is 0 Å². The third kappa shape index (κ3) is 4.97. The first-order chi connectivity index (χ1) is 8.23. The van der Waals surface area contributed by atoms with Crippen LogP contribution in [-0.2, 0) is 0 Å². The number of nitrogens with zero attached hydrogens (tertiary/aromatic N) is 1. The average molecular weight is 240 g/mol. The number of hydrogen-bond acceptors (Lipinski definition) is 2.